The fraction of sp³-hybridized carbons (Fsp3) is 0.471. The molecule has 0 N–H and O–H groups in total. The van der Waals surface area contributed by atoms with Gasteiger partial charge in [0, 0.05) is 39.0 Å². The fourth-order valence-electron chi connectivity index (χ4n) is 3.82. The number of halogens is 1. The number of aromatic nitrogens is 5. The van der Waals surface area contributed by atoms with Crippen molar-refractivity contribution < 1.29 is 13.2 Å². The highest BCUT2D eigenvalue weighted by molar-refractivity contribution is 7.89. The van der Waals surface area contributed by atoms with Gasteiger partial charge in [0.25, 0.3) is 0 Å². The van der Waals surface area contributed by atoms with Crippen molar-refractivity contribution in [2.75, 3.05) is 20.2 Å². The Morgan fingerprint density at radius 3 is 2.57 bits per heavy atom. The van der Waals surface area contributed by atoms with Gasteiger partial charge in [-0.1, -0.05) is 11.6 Å². The van der Waals surface area contributed by atoms with Crippen LogP contribution in [-0.4, -0.2) is 57.3 Å². The third kappa shape index (κ3) is 2.91. The van der Waals surface area contributed by atoms with E-state index >= 15 is 0 Å². The van der Waals surface area contributed by atoms with E-state index in [1.165, 1.54) is 21.5 Å². The van der Waals surface area contributed by atoms with E-state index in [1.54, 1.807) is 18.7 Å². The largest absolute Gasteiger partial charge is 0.373 e. The average molecular weight is 425 g/mol. The Labute approximate surface area is 167 Å². The molecule has 1 fully saturated rings. The number of piperidine rings is 1. The van der Waals surface area contributed by atoms with Crippen molar-refractivity contribution in [2.45, 2.75) is 30.3 Å². The van der Waals surface area contributed by atoms with E-state index in [4.69, 9.17) is 16.3 Å². The predicted octanol–water partition coefficient (Wildman–Crippen LogP) is 1.75. The monoisotopic (exact) mass is 424 g/mol. The van der Waals surface area contributed by atoms with Crippen molar-refractivity contribution in [3.05, 3.63) is 41.1 Å². The van der Waals surface area contributed by atoms with Crippen molar-refractivity contribution >= 4 is 27.3 Å². The molecule has 0 aliphatic carbocycles. The molecule has 1 aliphatic heterocycles. The first-order valence-corrected chi connectivity index (χ1v) is 10.6. The number of hydrogen-bond donors (Lipinski definition) is 0. The van der Waals surface area contributed by atoms with Gasteiger partial charge in [-0.25, -0.2) is 17.9 Å². The smallest absolute Gasteiger partial charge is 0.247 e. The minimum absolute atomic E-state index is 0.0294. The molecular formula is C17H21ClN6O3S. The van der Waals surface area contributed by atoms with Crippen LogP contribution in [-0.2, 0) is 27.4 Å². The van der Waals surface area contributed by atoms with Crippen LogP contribution in [0.15, 0.2) is 29.7 Å². The third-order valence-corrected chi connectivity index (χ3v) is 7.95. The fourth-order valence-corrected chi connectivity index (χ4v) is 5.67. The molecule has 3 aromatic heterocycles. The van der Waals surface area contributed by atoms with Gasteiger partial charge in [-0.05, 0) is 31.4 Å². The average Bonchev–Trinajstić information content (AvgIpc) is 3.27. The van der Waals surface area contributed by atoms with Gasteiger partial charge in [0.1, 0.15) is 16.4 Å². The van der Waals surface area contributed by atoms with Crippen LogP contribution in [0.4, 0.5) is 0 Å². The molecule has 9 nitrogen and oxygen atoms in total. The van der Waals surface area contributed by atoms with Crippen molar-refractivity contribution in [3.8, 4) is 0 Å². The summed E-state index contributed by atoms with van der Waals surface area (Å²) in [5.41, 5.74) is 2.20. The molecule has 4 rings (SSSR count). The number of ether oxygens (including phenoxy) is 1. The number of fused-ring (bicyclic) bond motifs is 1. The lowest BCUT2D eigenvalue weighted by Crippen LogP contribution is -2.46. The van der Waals surface area contributed by atoms with Crippen LogP contribution >= 0.6 is 11.6 Å². The van der Waals surface area contributed by atoms with Gasteiger partial charge < -0.3 is 4.74 Å². The zero-order valence-electron chi connectivity index (χ0n) is 15.8. The van der Waals surface area contributed by atoms with Crippen molar-refractivity contribution in [1.82, 2.24) is 28.7 Å². The topological polar surface area (TPSA) is 94.6 Å². The highest BCUT2D eigenvalue weighted by Gasteiger charge is 2.42. The molecule has 0 amide bonds. The molecule has 0 spiro atoms. The van der Waals surface area contributed by atoms with Gasteiger partial charge in [0.15, 0.2) is 5.65 Å². The minimum Gasteiger partial charge on any atom is -0.373 e. The Morgan fingerprint density at radius 2 is 1.96 bits per heavy atom. The van der Waals surface area contributed by atoms with Crippen LogP contribution in [0.25, 0.3) is 5.65 Å². The van der Waals surface area contributed by atoms with Crippen LogP contribution in [0.5, 0.6) is 0 Å². The molecule has 3 aromatic rings. The Kier molecular flexibility index (Phi) is 4.69. The molecule has 0 saturated carbocycles. The second kappa shape index (κ2) is 6.80. The molecule has 11 heteroatoms. The van der Waals surface area contributed by atoms with Gasteiger partial charge >= 0.3 is 0 Å². The van der Waals surface area contributed by atoms with E-state index in [1.807, 2.05) is 19.2 Å². The van der Waals surface area contributed by atoms with E-state index in [0.717, 1.165) is 16.8 Å². The summed E-state index contributed by atoms with van der Waals surface area (Å²) in [4.78, 5) is 4.24. The van der Waals surface area contributed by atoms with E-state index in [-0.39, 0.29) is 10.0 Å². The highest BCUT2D eigenvalue weighted by atomic mass is 35.5. The lowest BCUT2D eigenvalue weighted by molar-refractivity contribution is -0.0514. The number of nitrogens with zero attached hydrogens (tertiary/aromatic N) is 6. The molecule has 1 aliphatic rings. The van der Waals surface area contributed by atoms with Crippen LogP contribution < -0.4 is 0 Å². The van der Waals surface area contributed by atoms with Gasteiger partial charge in [0.2, 0.25) is 10.0 Å². The van der Waals surface area contributed by atoms with Crippen LogP contribution in [0.3, 0.4) is 0 Å². The molecular weight excluding hydrogens is 404 g/mol. The summed E-state index contributed by atoms with van der Waals surface area (Å²) in [5.74, 6) is 0. The maximum absolute atomic E-state index is 13.0. The zero-order chi connectivity index (χ0) is 20.1. The molecule has 0 bridgehead atoms. The molecule has 150 valence electrons. The second-order valence-electron chi connectivity index (χ2n) is 6.96. The van der Waals surface area contributed by atoms with Crippen molar-refractivity contribution in [1.29, 1.82) is 0 Å². The van der Waals surface area contributed by atoms with Crippen LogP contribution in [0.1, 0.15) is 24.0 Å². The molecule has 0 radical (unpaired) electrons. The predicted molar refractivity (Wildman–Crippen MR) is 103 cm³/mol. The molecule has 4 heterocycles. The number of aryl methyl sites for hydroxylation is 2. The van der Waals surface area contributed by atoms with Gasteiger partial charge in [0.05, 0.1) is 11.8 Å². The van der Waals surface area contributed by atoms with Crippen LogP contribution in [0, 0.1) is 6.92 Å². The molecule has 0 unspecified atom stereocenters. The Bertz CT molecular complexity index is 1130. The normalized spacial score (nSPS) is 18.0. The maximum Gasteiger partial charge on any atom is 0.247 e. The summed E-state index contributed by atoms with van der Waals surface area (Å²) in [7, 11) is -0.446. The first-order chi connectivity index (χ1) is 13.3. The van der Waals surface area contributed by atoms with Gasteiger partial charge in [-0.2, -0.15) is 14.5 Å². The zero-order valence-corrected chi connectivity index (χ0v) is 17.4. The van der Waals surface area contributed by atoms with Crippen molar-refractivity contribution in [2.24, 2.45) is 7.05 Å². The number of sulfonamides is 1. The van der Waals surface area contributed by atoms with Gasteiger partial charge in [-0.15, -0.1) is 0 Å². The molecule has 28 heavy (non-hydrogen) atoms. The quantitative estimate of drug-likeness (QED) is 0.633. The maximum atomic E-state index is 13.0. The number of pyridine rings is 1. The third-order valence-electron chi connectivity index (χ3n) is 5.49. The molecule has 0 atom stereocenters. The summed E-state index contributed by atoms with van der Waals surface area (Å²) in [6.07, 6.45) is 5.75. The lowest BCUT2D eigenvalue weighted by atomic mass is 9.83. The summed E-state index contributed by atoms with van der Waals surface area (Å²) >= 11 is 6.11. The summed E-state index contributed by atoms with van der Waals surface area (Å²) in [6.45, 7) is 2.63. The first-order valence-electron chi connectivity index (χ1n) is 8.82. The SMILES string of the molecule is COC1(c2cn3ncnc3cc2C)CCN(S(=O)(=O)c2cnn(C)c2Cl)CC1. The highest BCUT2D eigenvalue weighted by Crippen LogP contribution is 2.39. The van der Waals surface area contributed by atoms with E-state index in [0.29, 0.717) is 25.9 Å². The number of hydrogen-bond acceptors (Lipinski definition) is 6. The Hall–Kier alpha value is -2.01. The van der Waals surface area contributed by atoms with Crippen molar-refractivity contribution in [3.63, 3.8) is 0 Å². The summed E-state index contributed by atoms with van der Waals surface area (Å²) < 4.78 is 36.4. The van der Waals surface area contributed by atoms with Gasteiger partial charge in [-0.3, -0.25) is 4.68 Å². The lowest BCUT2D eigenvalue weighted by Gasteiger charge is -2.41. The number of rotatable bonds is 4. The van der Waals surface area contributed by atoms with E-state index < -0.39 is 15.6 Å². The second-order valence-corrected chi connectivity index (χ2v) is 9.22. The summed E-state index contributed by atoms with van der Waals surface area (Å²) in [6, 6.07) is 1.96. The first kappa shape index (κ1) is 19.3. The number of methoxy groups -OCH3 is 1. The van der Waals surface area contributed by atoms with E-state index in [9.17, 15) is 8.42 Å². The standard InChI is InChI=1S/C17H21ClN6O3S/c1-12-8-15-19-11-21-24(15)10-13(12)17(27-3)4-6-23(7-5-17)28(25,26)14-9-20-22(2)16(14)18/h8-11H,4-7H2,1-3H3. The van der Waals surface area contributed by atoms with E-state index in [2.05, 4.69) is 15.2 Å². The Morgan fingerprint density at radius 1 is 1.25 bits per heavy atom. The molecule has 0 aromatic carbocycles. The molecule has 1 saturated heterocycles. The van der Waals surface area contributed by atoms with Crippen LogP contribution in [0.2, 0.25) is 5.15 Å². The summed E-state index contributed by atoms with van der Waals surface area (Å²) in [5, 5.41) is 8.26. The minimum atomic E-state index is -3.71. The Balaban J connectivity index is 1.64.